The van der Waals surface area contributed by atoms with E-state index in [9.17, 15) is 24.2 Å². The number of aromatic nitrogens is 2. The molecule has 1 fully saturated rings. The summed E-state index contributed by atoms with van der Waals surface area (Å²) >= 11 is 1.48. The van der Waals surface area contributed by atoms with Crippen molar-refractivity contribution >= 4 is 43.8 Å². The van der Waals surface area contributed by atoms with Crippen molar-refractivity contribution in [3.63, 3.8) is 0 Å². The van der Waals surface area contributed by atoms with E-state index in [1.165, 1.54) is 17.4 Å². The molecule has 3 heterocycles. The molecule has 0 unspecified atom stereocenters. The first-order valence-electron chi connectivity index (χ1n) is 11.9. The van der Waals surface area contributed by atoms with E-state index in [0.717, 1.165) is 22.0 Å². The van der Waals surface area contributed by atoms with Crippen LogP contribution in [0.25, 0.3) is 4.96 Å². The van der Waals surface area contributed by atoms with E-state index in [1.807, 2.05) is 18.0 Å². The Balaban J connectivity index is 1.20. The van der Waals surface area contributed by atoms with Crippen LogP contribution in [0.5, 0.6) is 0 Å². The number of hydrogen-bond donors (Lipinski definition) is 1. The number of fused-ring (bicyclic) bond motifs is 1. The Kier molecular flexibility index (Phi) is 6.14. The third-order valence-electron chi connectivity index (χ3n) is 6.56. The molecule has 1 aliphatic heterocycles. The summed E-state index contributed by atoms with van der Waals surface area (Å²) in [6, 6.07) is 7.56. The van der Waals surface area contributed by atoms with Crippen LogP contribution in [0.4, 0.5) is 35.2 Å². The maximum Gasteiger partial charge on any atom is 0.310 e. The molecule has 14 heteroatoms. The molecule has 0 aliphatic carbocycles. The number of rotatable bonds is 6. The van der Waals surface area contributed by atoms with Crippen LogP contribution in [0.1, 0.15) is 26.6 Å². The zero-order valence-corrected chi connectivity index (χ0v) is 22.6. The molecule has 1 N–H and O–H groups in total. The van der Waals surface area contributed by atoms with Crippen molar-refractivity contribution in [2.45, 2.75) is 25.3 Å². The number of amides is 1. The van der Waals surface area contributed by atoms with Gasteiger partial charge in [0.15, 0.2) is 4.96 Å². The third-order valence-corrected chi connectivity index (χ3v) is 8.63. The summed E-state index contributed by atoms with van der Waals surface area (Å²) in [6.07, 6.45) is 1.85. The minimum Gasteiger partial charge on any atom is -0.368 e. The summed E-state index contributed by atoms with van der Waals surface area (Å²) in [6.45, 7) is 5.31. The Labute approximate surface area is 224 Å². The molecule has 0 atom stereocenters. The van der Waals surface area contributed by atoms with Crippen molar-refractivity contribution in [2.24, 2.45) is 0 Å². The van der Waals surface area contributed by atoms with Gasteiger partial charge in [-0.15, -0.1) is 11.3 Å². The monoisotopic (exact) mass is 589 g/mol. The normalized spacial score (nSPS) is 16.3. The van der Waals surface area contributed by atoms with Crippen LogP contribution in [0, 0.1) is 19.7 Å². The van der Waals surface area contributed by atoms with Gasteiger partial charge >= 0.3 is 10.2 Å². The van der Waals surface area contributed by atoms with Crippen LogP contribution >= 0.6 is 21.6 Å². The number of halogens is 6. The van der Waals surface area contributed by atoms with E-state index in [2.05, 4.69) is 10.3 Å². The van der Waals surface area contributed by atoms with Gasteiger partial charge < -0.3 is 15.1 Å². The van der Waals surface area contributed by atoms with Crippen molar-refractivity contribution in [1.82, 2.24) is 14.7 Å². The Morgan fingerprint density at radius 1 is 0.974 bits per heavy atom. The Morgan fingerprint density at radius 3 is 2.23 bits per heavy atom. The number of nitrogens with one attached hydrogen (secondary N) is 1. The lowest BCUT2D eigenvalue weighted by Gasteiger charge is -2.41. The van der Waals surface area contributed by atoms with Gasteiger partial charge in [-0.25, -0.2) is 9.37 Å². The quantitative estimate of drug-likeness (QED) is 0.245. The van der Waals surface area contributed by atoms with Crippen molar-refractivity contribution < 1.29 is 28.6 Å². The third kappa shape index (κ3) is 5.66. The molecule has 1 amide bonds. The number of carbonyl (C=O) groups excluding carboxylic acids is 1. The second-order valence-electron chi connectivity index (χ2n) is 9.45. The molecule has 2 aromatic carbocycles. The molecule has 0 radical (unpaired) electrons. The maximum absolute atomic E-state index is 15.0. The van der Waals surface area contributed by atoms with Crippen LogP contribution in [0.2, 0.25) is 0 Å². The number of hydrogen-bond acceptors (Lipinski definition) is 5. The first-order chi connectivity index (χ1) is 18.1. The lowest BCUT2D eigenvalue weighted by atomic mass is 10.1. The lowest BCUT2D eigenvalue weighted by molar-refractivity contribution is 0.0944. The fraction of sp³-hybridized carbons (Fsp3) is 0.280. The van der Waals surface area contributed by atoms with E-state index in [4.69, 9.17) is 0 Å². The van der Waals surface area contributed by atoms with Crippen molar-refractivity contribution in [3.05, 3.63) is 76.3 Å². The molecule has 1 saturated heterocycles. The average Bonchev–Trinajstić information content (AvgIpc) is 3.35. The predicted molar refractivity (Wildman–Crippen MR) is 142 cm³/mol. The largest absolute Gasteiger partial charge is 0.368 e. The number of anilines is 2. The highest BCUT2D eigenvalue weighted by atomic mass is 32.5. The molecular formula is C25H25F6N5OS2. The second-order valence-corrected chi connectivity index (χ2v) is 13.1. The zero-order valence-electron chi connectivity index (χ0n) is 20.9. The fourth-order valence-electron chi connectivity index (χ4n) is 4.64. The van der Waals surface area contributed by atoms with E-state index in [1.54, 1.807) is 28.4 Å². The molecule has 210 valence electrons. The minimum atomic E-state index is -9.72. The molecule has 2 aromatic heterocycles. The molecule has 0 spiro atoms. The molecule has 0 bridgehead atoms. The zero-order chi connectivity index (χ0) is 28.2. The summed E-state index contributed by atoms with van der Waals surface area (Å²) < 4.78 is 81.6. The van der Waals surface area contributed by atoms with Crippen molar-refractivity contribution in [2.75, 3.05) is 36.0 Å². The smallest absolute Gasteiger partial charge is 0.310 e. The van der Waals surface area contributed by atoms with Crippen LogP contribution in [-0.4, -0.2) is 41.5 Å². The molecule has 4 aromatic rings. The van der Waals surface area contributed by atoms with Gasteiger partial charge in [0, 0.05) is 49.5 Å². The lowest BCUT2D eigenvalue weighted by Crippen LogP contribution is -2.46. The standard InChI is InChI=1S/C25H25F6N5OS2/c1-16-15-36-23(17(2)33-25(36)38-16)24(37)32-14-18-3-8-22(21(26)13-18)35-11-9-34(10-12-35)19-4-6-20(7-5-19)39(27,28,29,30)31/h3-8,13,15H,9-12,14H2,1-2H3,(H,32,37). The number of aryl methyl sites for hydroxylation is 2. The Bertz CT molecular complexity index is 1560. The summed E-state index contributed by atoms with van der Waals surface area (Å²) in [5, 5.41) is 2.81. The Hall–Kier alpha value is -3.39. The summed E-state index contributed by atoms with van der Waals surface area (Å²) in [7, 11) is -9.72. The predicted octanol–water partition coefficient (Wildman–Crippen LogP) is 7.07. The van der Waals surface area contributed by atoms with Gasteiger partial charge in [-0.3, -0.25) is 9.20 Å². The minimum absolute atomic E-state index is 0.120. The highest BCUT2D eigenvalue weighted by Crippen LogP contribution is 3.02. The fourth-order valence-corrected chi connectivity index (χ4v) is 6.16. The van der Waals surface area contributed by atoms with Crippen LogP contribution in [-0.2, 0) is 6.54 Å². The summed E-state index contributed by atoms with van der Waals surface area (Å²) in [5.74, 6) is -0.779. The van der Waals surface area contributed by atoms with Crippen LogP contribution in [0.3, 0.4) is 0 Å². The first kappa shape index (κ1) is 27.2. The highest BCUT2D eigenvalue weighted by molar-refractivity contribution is 8.45. The SMILES string of the molecule is Cc1cn2c(C(=O)NCc3ccc(N4CCN(c5ccc(S(F)(F)(F)(F)F)cc5)CC4)c(F)c3)c(C)nc2s1. The van der Waals surface area contributed by atoms with Crippen LogP contribution < -0.4 is 15.1 Å². The maximum atomic E-state index is 15.0. The van der Waals surface area contributed by atoms with Gasteiger partial charge in [0.1, 0.15) is 16.4 Å². The van der Waals surface area contributed by atoms with Crippen LogP contribution in [0.15, 0.2) is 53.6 Å². The molecular weight excluding hydrogens is 564 g/mol. The molecule has 39 heavy (non-hydrogen) atoms. The average molecular weight is 590 g/mol. The molecule has 5 rings (SSSR count). The second kappa shape index (κ2) is 8.81. The Morgan fingerprint density at radius 2 is 1.62 bits per heavy atom. The number of carbonyl (C=O) groups is 1. The van der Waals surface area contributed by atoms with E-state index in [0.29, 0.717) is 66.6 Å². The number of nitrogens with zero attached hydrogens (tertiary/aromatic N) is 4. The van der Waals surface area contributed by atoms with Gasteiger partial charge in [-0.2, -0.15) is 0 Å². The number of benzene rings is 2. The van der Waals surface area contributed by atoms with E-state index >= 15 is 4.39 Å². The highest BCUT2D eigenvalue weighted by Gasteiger charge is 2.65. The number of thiazole rings is 1. The first-order valence-corrected chi connectivity index (χ1v) is 14.7. The molecule has 1 aliphatic rings. The van der Waals surface area contributed by atoms with Gasteiger partial charge in [-0.05, 0) is 55.8 Å². The van der Waals surface area contributed by atoms with Crippen molar-refractivity contribution in [3.8, 4) is 0 Å². The van der Waals surface area contributed by atoms with Gasteiger partial charge in [0.2, 0.25) is 0 Å². The number of imidazole rings is 1. The van der Waals surface area contributed by atoms with Crippen molar-refractivity contribution in [1.29, 1.82) is 0 Å². The van der Waals surface area contributed by atoms with Gasteiger partial charge in [0.05, 0.1) is 11.4 Å². The van der Waals surface area contributed by atoms with Gasteiger partial charge in [0.25, 0.3) is 5.91 Å². The van der Waals surface area contributed by atoms with Gasteiger partial charge in [-0.1, -0.05) is 25.5 Å². The number of piperazine rings is 1. The molecule has 6 nitrogen and oxygen atoms in total. The summed E-state index contributed by atoms with van der Waals surface area (Å²) in [5.41, 5.74) is 2.37. The van der Waals surface area contributed by atoms with E-state index in [-0.39, 0.29) is 12.5 Å². The topological polar surface area (TPSA) is 52.9 Å². The summed E-state index contributed by atoms with van der Waals surface area (Å²) in [4.78, 5) is 20.6. The van der Waals surface area contributed by atoms with E-state index < -0.39 is 20.9 Å². The molecule has 0 saturated carbocycles.